The zero-order valence-corrected chi connectivity index (χ0v) is 12.7. The summed E-state index contributed by atoms with van der Waals surface area (Å²) < 4.78 is 0. The average Bonchev–Trinajstić information content (AvgIpc) is 2.45. The number of hydrogen-bond donors (Lipinski definition) is 1. The van der Waals surface area contributed by atoms with Gasteiger partial charge in [-0.1, -0.05) is 56.9 Å². The van der Waals surface area contributed by atoms with E-state index < -0.39 is 0 Å². The van der Waals surface area contributed by atoms with Gasteiger partial charge in [-0.2, -0.15) is 0 Å². The van der Waals surface area contributed by atoms with Crippen LogP contribution < -0.4 is 5.32 Å². The monoisotopic (exact) mass is 259 g/mol. The van der Waals surface area contributed by atoms with E-state index >= 15 is 0 Å². The van der Waals surface area contributed by atoms with Crippen molar-refractivity contribution in [2.24, 2.45) is 0 Å². The van der Waals surface area contributed by atoms with Crippen LogP contribution in [-0.2, 0) is 11.8 Å². The summed E-state index contributed by atoms with van der Waals surface area (Å²) in [6.45, 7) is 3.43. The highest BCUT2D eigenvalue weighted by molar-refractivity contribution is 5.37. The molecule has 2 rings (SSSR count). The molecule has 0 heterocycles. The van der Waals surface area contributed by atoms with Crippen LogP contribution in [0.5, 0.6) is 0 Å². The summed E-state index contributed by atoms with van der Waals surface area (Å²) in [6, 6.07) is 9.14. The van der Waals surface area contributed by atoms with E-state index in [1.165, 1.54) is 51.4 Å². The van der Waals surface area contributed by atoms with E-state index in [1.807, 2.05) is 0 Å². The number of aryl methyl sites for hydroxylation is 1. The first kappa shape index (κ1) is 14.6. The summed E-state index contributed by atoms with van der Waals surface area (Å²) in [6.07, 6.45) is 10.8. The zero-order chi connectivity index (χ0) is 13.6. The van der Waals surface area contributed by atoms with Crippen LogP contribution in [0.4, 0.5) is 0 Å². The van der Waals surface area contributed by atoms with Crippen molar-refractivity contribution >= 4 is 0 Å². The lowest BCUT2D eigenvalue weighted by Gasteiger charge is -2.39. The molecule has 1 aliphatic carbocycles. The van der Waals surface area contributed by atoms with E-state index in [9.17, 15) is 0 Å². The fraction of sp³-hybridized carbons (Fsp3) is 0.667. The van der Waals surface area contributed by atoms with Crippen LogP contribution in [0.3, 0.4) is 0 Å². The van der Waals surface area contributed by atoms with Gasteiger partial charge in [0.2, 0.25) is 0 Å². The molecule has 19 heavy (non-hydrogen) atoms. The number of hydrogen-bond acceptors (Lipinski definition) is 1. The molecule has 0 saturated heterocycles. The van der Waals surface area contributed by atoms with E-state index in [0.29, 0.717) is 5.41 Å². The second-order valence-electron chi connectivity index (χ2n) is 6.13. The Morgan fingerprint density at radius 2 is 2.00 bits per heavy atom. The Kier molecular flexibility index (Phi) is 5.45. The van der Waals surface area contributed by atoms with Gasteiger partial charge in [-0.25, -0.2) is 0 Å². The minimum Gasteiger partial charge on any atom is -0.319 e. The van der Waals surface area contributed by atoms with Gasteiger partial charge in [0, 0.05) is 12.0 Å². The molecule has 1 aromatic rings. The van der Waals surface area contributed by atoms with E-state index in [0.717, 1.165) is 6.54 Å². The van der Waals surface area contributed by atoms with Gasteiger partial charge < -0.3 is 5.32 Å². The maximum Gasteiger partial charge on any atom is 0.00805 e. The molecule has 0 saturated carbocycles. The third-order valence-electron chi connectivity index (χ3n) is 4.71. The maximum atomic E-state index is 3.46. The molecule has 1 unspecified atom stereocenters. The predicted molar refractivity (Wildman–Crippen MR) is 83.7 cm³/mol. The lowest BCUT2D eigenvalue weighted by atomic mass is 9.67. The molecule has 1 aromatic carbocycles. The Labute approximate surface area is 118 Å². The van der Waals surface area contributed by atoms with Crippen LogP contribution in [0.25, 0.3) is 0 Å². The van der Waals surface area contributed by atoms with Gasteiger partial charge in [0.05, 0.1) is 0 Å². The Morgan fingerprint density at radius 3 is 2.79 bits per heavy atom. The average molecular weight is 259 g/mol. The summed E-state index contributed by atoms with van der Waals surface area (Å²) in [5.41, 5.74) is 3.63. The van der Waals surface area contributed by atoms with Gasteiger partial charge in [0.25, 0.3) is 0 Å². The van der Waals surface area contributed by atoms with Crippen molar-refractivity contribution in [3.8, 4) is 0 Å². The number of likely N-dealkylation sites (N-methyl/N-ethyl adjacent to an activating group) is 1. The zero-order valence-electron chi connectivity index (χ0n) is 12.7. The molecule has 0 fully saturated rings. The van der Waals surface area contributed by atoms with Gasteiger partial charge in [-0.05, 0) is 43.9 Å². The number of benzene rings is 1. The van der Waals surface area contributed by atoms with Gasteiger partial charge in [0.15, 0.2) is 0 Å². The van der Waals surface area contributed by atoms with Gasteiger partial charge in [0.1, 0.15) is 0 Å². The van der Waals surface area contributed by atoms with E-state index in [1.54, 1.807) is 11.1 Å². The Balaban J connectivity index is 2.15. The third kappa shape index (κ3) is 3.39. The van der Waals surface area contributed by atoms with Crippen LogP contribution in [0.1, 0.15) is 63.0 Å². The van der Waals surface area contributed by atoms with E-state index in [4.69, 9.17) is 0 Å². The SMILES string of the molecule is CCCCCCC1(CNC)CCCc2ccccc21. The topological polar surface area (TPSA) is 12.0 Å². The lowest BCUT2D eigenvalue weighted by molar-refractivity contribution is 0.312. The van der Waals surface area contributed by atoms with Crippen molar-refractivity contribution in [3.05, 3.63) is 35.4 Å². The molecule has 0 bridgehead atoms. The molecule has 0 radical (unpaired) electrons. The predicted octanol–water partition coefficient (Wildman–Crippen LogP) is 4.45. The highest BCUT2D eigenvalue weighted by Gasteiger charge is 2.34. The Bertz CT molecular complexity index is 385. The number of rotatable bonds is 7. The van der Waals surface area contributed by atoms with Crippen molar-refractivity contribution in [1.29, 1.82) is 0 Å². The van der Waals surface area contributed by atoms with Crippen LogP contribution in [0.15, 0.2) is 24.3 Å². The summed E-state index contributed by atoms with van der Waals surface area (Å²) in [5.74, 6) is 0. The molecular weight excluding hydrogens is 230 g/mol. The minimum absolute atomic E-state index is 0.400. The summed E-state index contributed by atoms with van der Waals surface area (Å²) in [5, 5.41) is 3.46. The number of fused-ring (bicyclic) bond motifs is 1. The van der Waals surface area contributed by atoms with Gasteiger partial charge >= 0.3 is 0 Å². The van der Waals surface area contributed by atoms with Crippen molar-refractivity contribution in [2.45, 2.75) is 63.7 Å². The van der Waals surface area contributed by atoms with Crippen LogP contribution >= 0.6 is 0 Å². The normalized spacial score (nSPS) is 22.2. The second-order valence-corrected chi connectivity index (χ2v) is 6.13. The quantitative estimate of drug-likeness (QED) is 0.713. The fourth-order valence-electron chi connectivity index (χ4n) is 3.77. The molecule has 0 aliphatic heterocycles. The fourth-order valence-corrected chi connectivity index (χ4v) is 3.77. The van der Waals surface area contributed by atoms with Crippen LogP contribution in [-0.4, -0.2) is 13.6 Å². The molecule has 0 aromatic heterocycles. The first-order valence-electron chi connectivity index (χ1n) is 8.05. The Morgan fingerprint density at radius 1 is 1.16 bits per heavy atom. The van der Waals surface area contributed by atoms with E-state index in [-0.39, 0.29) is 0 Å². The van der Waals surface area contributed by atoms with Gasteiger partial charge in [-0.15, -0.1) is 0 Å². The first-order chi connectivity index (χ1) is 9.32. The molecule has 1 N–H and O–H groups in total. The lowest BCUT2D eigenvalue weighted by Crippen LogP contribution is -2.39. The van der Waals surface area contributed by atoms with Gasteiger partial charge in [-0.3, -0.25) is 0 Å². The van der Waals surface area contributed by atoms with Crippen molar-refractivity contribution in [3.63, 3.8) is 0 Å². The molecule has 0 spiro atoms. The second kappa shape index (κ2) is 7.09. The highest BCUT2D eigenvalue weighted by atomic mass is 14.8. The molecular formula is C18H29N. The summed E-state index contributed by atoms with van der Waals surface area (Å²) in [7, 11) is 2.10. The molecule has 1 aliphatic rings. The largest absolute Gasteiger partial charge is 0.319 e. The minimum atomic E-state index is 0.400. The molecule has 1 atom stereocenters. The smallest absolute Gasteiger partial charge is 0.00805 e. The number of nitrogens with one attached hydrogen (secondary N) is 1. The van der Waals surface area contributed by atoms with Crippen molar-refractivity contribution in [1.82, 2.24) is 5.32 Å². The molecule has 1 heteroatoms. The van der Waals surface area contributed by atoms with Crippen molar-refractivity contribution in [2.75, 3.05) is 13.6 Å². The standard InChI is InChI=1S/C18H29N/c1-3-4-5-8-13-18(15-19-2)14-9-11-16-10-6-7-12-17(16)18/h6-7,10,12,19H,3-5,8-9,11,13-15H2,1-2H3. The van der Waals surface area contributed by atoms with Crippen molar-refractivity contribution < 1.29 is 0 Å². The molecule has 1 nitrogen and oxygen atoms in total. The maximum absolute atomic E-state index is 3.46. The third-order valence-corrected chi connectivity index (χ3v) is 4.71. The summed E-state index contributed by atoms with van der Waals surface area (Å²) >= 11 is 0. The van der Waals surface area contributed by atoms with E-state index in [2.05, 4.69) is 43.6 Å². The summed E-state index contributed by atoms with van der Waals surface area (Å²) in [4.78, 5) is 0. The highest BCUT2D eigenvalue weighted by Crippen LogP contribution is 2.40. The number of unbranched alkanes of at least 4 members (excludes halogenated alkanes) is 3. The molecule has 106 valence electrons. The Hall–Kier alpha value is -0.820. The first-order valence-corrected chi connectivity index (χ1v) is 8.05. The van der Waals surface area contributed by atoms with Crippen LogP contribution in [0.2, 0.25) is 0 Å². The van der Waals surface area contributed by atoms with Crippen LogP contribution in [0, 0.1) is 0 Å². The molecule has 0 amide bonds.